The number of fused-ring (bicyclic) bond motifs is 2. The highest BCUT2D eigenvalue weighted by atomic mass is 16.1. The van der Waals surface area contributed by atoms with Crippen molar-refractivity contribution in [1.29, 1.82) is 0 Å². The molecule has 0 N–H and O–H groups in total. The van der Waals surface area contributed by atoms with Crippen LogP contribution in [-0.4, -0.2) is 41.5 Å². The maximum atomic E-state index is 13.3. The zero-order valence-corrected chi connectivity index (χ0v) is 17.0. The molecule has 0 spiro atoms. The average molecular weight is 389 g/mol. The Hall–Kier alpha value is -3.16. The highest BCUT2D eigenvalue weighted by Gasteiger charge is 2.48. The first kappa shape index (κ1) is 17.9. The van der Waals surface area contributed by atoms with Crippen LogP contribution < -0.4 is 0 Å². The molecule has 148 valence electrons. The second kappa shape index (κ2) is 6.17. The van der Waals surface area contributed by atoms with E-state index in [2.05, 4.69) is 34.4 Å². The maximum absolute atomic E-state index is 13.3. The van der Waals surface area contributed by atoms with Crippen molar-refractivity contribution >= 4 is 17.4 Å². The lowest BCUT2D eigenvalue weighted by Crippen LogP contribution is -2.44. The predicted octanol–water partition coefficient (Wildman–Crippen LogP) is 3.16. The van der Waals surface area contributed by atoms with Crippen LogP contribution in [0.2, 0.25) is 0 Å². The van der Waals surface area contributed by atoms with Crippen LogP contribution in [0.25, 0.3) is 5.69 Å². The summed E-state index contributed by atoms with van der Waals surface area (Å²) in [7, 11) is 0. The van der Waals surface area contributed by atoms with Crippen LogP contribution in [-0.2, 0) is 4.79 Å². The van der Waals surface area contributed by atoms with E-state index in [1.54, 1.807) is 4.68 Å². The van der Waals surface area contributed by atoms with Crippen LogP contribution in [0.5, 0.6) is 0 Å². The molecule has 5 rings (SSSR count). The number of Topliss-reactive ketones (excluding diaryl/α,β-unsaturated/α-hetero) is 1. The predicted molar refractivity (Wildman–Crippen MR) is 108 cm³/mol. The number of aliphatic imine (C=N–C) groups is 1. The van der Waals surface area contributed by atoms with Gasteiger partial charge in [0.25, 0.3) is 5.95 Å². The van der Waals surface area contributed by atoms with Crippen molar-refractivity contribution in [3.05, 3.63) is 47.3 Å². The average Bonchev–Trinajstić information content (AvgIpc) is 3.24. The van der Waals surface area contributed by atoms with Crippen LogP contribution in [0.15, 0.2) is 35.3 Å². The molecule has 2 aliphatic rings. The second-order valence-corrected chi connectivity index (χ2v) is 8.77. The van der Waals surface area contributed by atoms with Gasteiger partial charge in [-0.15, -0.1) is 0 Å². The Bertz CT molecular complexity index is 1140. The summed E-state index contributed by atoms with van der Waals surface area (Å²) in [5.41, 5.74) is 4.61. The summed E-state index contributed by atoms with van der Waals surface area (Å²) in [4.78, 5) is 17.9. The number of benzene rings is 1. The number of rotatable bonds is 2. The highest BCUT2D eigenvalue weighted by molar-refractivity contribution is 6.09. The van der Waals surface area contributed by atoms with Crippen LogP contribution in [0.1, 0.15) is 49.7 Å². The van der Waals surface area contributed by atoms with Gasteiger partial charge in [-0.3, -0.25) is 4.79 Å². The Balaban J connectivity index is 1.69. The van der Waals surface area contributed by atoms with Gasteiger partial charge in [-0.2, -0.15) is 5.10 Å². The van der Waals surface area contributed by atoms with Crippen LogP contribution in [0.3, 0.4) is 0 Å². The monoisotopic (exact) mass is 389 g/mol. The smallest absolute Gasteiger partial charge is 0.269 e. The fourth-order valence-corrected chi connectivity index (χ4v) is 4.80. The van der Waals surface area contributed by atoms with Gasteiger partial charge < -0.3 is 0 Å². The van der Waals surface area contributed by atoms with Gasteiger partial charge in [0.15, 0.2) is 0 Å². The Morgan fingerprint density at radius 1 is 1.10 bits per heavy atom. The van der Waals surface area contributed by atoms with E-state index in [-0.39, 0.29) is 23.2 Å². The van der Waals surface area contributed by atoms with Crippen molar-refractivity contribution in [2.24, 2.45) is 16.3 Å². The number of hydrogen-bond donors (Lipinski definition) is 0. The Morgan fingerprint density at radius 3 is 2.62 bits per heavy atom. The third-order valence-electron chi connectivity index (χ3n) is 5.96. The molecule has 2 atom stereocenters. The van der Waals surface area contributed by atoms with Gasteiger partial charge in [0.1, 0.15) is 11.8 Å². The van der Waals surface area contributed by atoms with Crippen LogP contribution in [0.4, 0.5) is 5.95 Å². The van der Waals surface area contributed by atoms with Crippen LogP contribution in [0, 0.1) is 25.2 Å². The number of tetrazole rings is 1. The molecule has 8 heteroatoms. The van der Waals surface area contributed by atoms with Gasteiger partial charge in [-0.1, -0.05) is 37.1 Å². The van der Waals surface area contributed by atoms with E-state index in [1.807, 2.05) is 48.9 Å². The van der Waals surface area contributed by atoms with Crippen molar-refractivity contribution in [2.45, 2.75) is 46.6 Å². The van der Waals surface area contributed by atoms with Crippen molar-refractivity contribution in [3.8, 4) is 5.69 Å². The molecule has 1 fully saturated rings. The molecule has 0 bridgehead atoms. The lowest BCUT2D eigenvalue weighted by atomic mass is 9.67. The topological polar surface area (TPSA) is 90.8 Å². The Labute approximate surface area is 168 Å². The SMILES string of the molecule is Cc1nn(-c2ccccc2)c(C)c1C1C2C(=O)CC(C)(C)CC2=Nc2nnnn21. The van der Waals surface area contributed by atoms with Crippen LogP contribution >= 0.6 is 0 Å². The zero-order chi connectivity index (χ0) is 20.3. The first-order valence-corrected chi connectivity index (χ1v) is 9.85. The second-order valence-electron chi connectivity index (χ2n) is 8.77. The number of para-hydroxylation sites is 1. The molecule has 1 aliphatic carbocycles. The summed E-state index contributed by atoms with van der Waals surface area (Å²) >= 11 is 0. The van der Waals surface area contributed by atoms with Gasteiger partial charge in [0, 0.05) is 23.4 Å². The molecule has 1 aliphatic heterocycles. The maximum Gasteiger partial charge on any atom is 0.269 e. The third-order valence-corrected chi connectivity index (χ3v) is 5.96. The first-order valence-electron chi connectivity index (χ1n) is 9.85. The number of aromatic nitrogens is 6. The quantitative estimate of drug-likeness (QED) is 0.671. The summed E-state index contributed by atoms with van der Waals surface area (Å²) in [5.74, 6) is 0.292. The van der Waals surface area contributed by atoms with Gasteiger partial charge in [0.2, 0.25) is 0 Å². The normalized spacial score (nSPS) is 22.8. The van der Waals surface area contributed by atoms with E-state index in [4.69, 9.17) is 5.10 Å². The lowest BCUT2D eigenvalue weighted by molar-refractivity contribution is -0.124. The molecular weight excluding hydrogens is 366 g/mol. The summed E-state index contributed by atoms with van der Waals surface area (Å²) in [6, 6.07) is 9.68. The number of carbonyl (C=O) groups excluding carboxylic acids is 1. The number of nitrogens with zero attached hydrogens (tertiary/aromatic N) is 7. The lowest BCUT2D eigenvalue weighted by Gasteiger charge is -2.39. The van der Waals surface area contributed by atoms with Gasteiger partial charge in [-0.25, -0.2) is 14.4 Å². The van der Waals surface area contributed by atoms with Crippen molar-refractivity contribution < 1.29 is 4.79 Å². The molecule has 2 unspecified atom stereocenters. The molecule has 29 heavy (non-hydrogen) atoms. The van der Waals surface area contributed by atoms with E-state index in [0.717, 1.165) is 34.8 Å². The molecule has 3 heterocycles. The summed E-state index contributed by atoms with van der Waals surface area (Å²) in [6.07, 6.45) is 1.28. The van der Waals surface area contributed by atoms with E-state index >= 15 is 0 Å². The zero-order valence-electron chi connectivity index (χ0n) is 17.0. The molecule has 1 aromatic carbocycles. The highest BCUT2D eigenvalue weighted by Crippen LogP contribution is 2.45. The number of hydrogen-bond acceptors (Lipinski definition) is 6. The fraction of sp³-hybridized carbons (Fsp3) is 0.429. The molecular formula is C21H23N7O. The van der Waals surface area contributed by atoms with E-state index in [9.17, 15) is 4.79 Å². The van der Waals surface area contributed by atoms with Crippen molar-refractivity contribution in [1.82, 2.24) is 30.0 Å². The number of ketones is 1. The minimum atomic E-state index is -0.357. The molecule has 8 nitrogen and oxygen atoms in total. The van der Waals surface area contributed by atoms with Gasteiger partial charge in [0.05, 0.1) is 17.3 Å². The molecule has 1 saturated carbocycles. The molecule has 0 amide bonds. The Kier molecular flexibility index (Phi) is 3.81. The third kappa shape index (κ3) is 2.73. The number of carbonyl (C=O) groups is 1. The minimum absolute atomic E-state index is 0.106. The standard InChI is InChI=1S/C21H23N7O/c1-12-17(13(2)27(24-12)14-8-6-5-7-9-14)19-18-15(10-21(3,4)11-16(18)29)22-20-23-25-26-28(19)20/h5-9,18-19H,10-11H2,1-4H3. The van der Waals surface area contributed by atoms with E-state index in [0.29, 0.717) is 12.4 Å². The van der Waals surface area contributed by atoms with Crippen molar-refractivity contribution in [3.63, 3.8) is 0 Å². The molecule has 0 saturated heterocycles. The summed E-state index contributed by atoms with van der Waals surface area (Å²) in [6.45, 7) is 8.24. The van der Waals surface area contributed by atoms with Crippen molar-refractivity contribution in [2.75, 3.05) is 0 Å². The largest absolute Gasteiger partial charge is 0.299 e. The van der Waals surface area contributed by atoms with E-state index in [1.165, 1.54) is 0 Å². The van der Waals surface area contributed by atoms with Gasteiger partial charge in [-0.05, 0) is 48.2 Å². The minimum Gasteiger partial charge on any atom is -0.299 e. The molecule has 0 radical (unpaired) electrons. The fourth-order valence-electron chi connectivity index (χ4n) is 4.80. The van der Waals surface area contributed by atoms with E-state index < -0.39 is 0 Å². The number of aryl methyl sites for hydroxylation is 1. The summed E-state index contributed by atoms with van der Waals surface area (Å²) in [5, 5.41) is 16.9. The van der Waals surface area contributed by atoms with Gasteiger partial charge >= 0.3 is 0 Å². The molecule has 3 aromatic rings. The Morgan fingerprint density at radius 2 is 1.86 bits per heavy atom. The molecule has 2 aromatic heterocycles. The summed E-state index contributed by atoms with van der Waals surface area (Å²) < 4.78 is 3.62. The first-order chi connectivity index (χ1) is 13.9.